The SMILES string of the molecule is Cl.NCCCOC1CCN(C(=O)C(NC(=O)c2ccccc2)c2ccccc2)CC1. The van der Waals surface area contributed by atoms with Crippen LogP contribution in [0.2, 0.25) is 0 Å². The molecule has 2 amide bonds. The van der Waals surface area contributed by atoms with Crippen LogP contribution < -0.4 is 11.1 Å². The second kappa shape index (κ2) is 12.3. The van der Waals surface area contributed by atoms with E-state index in [1.807, 2.05) is 53.4 Å². The molecular formula is C23H30ClN3O3. The van der Waals surface area contributed by atoms with Gasteiger partial charge in [-0.25, -0.2) is 0 Å². The van der Waals surface area contributed by atoms with Gasteiger partial charge < -0.3 is 20.7 Å². The van der Waals surface area contributed by atoms with Gasteiger partial charge >= 0.3 is 0 Å². The molecule has 3 rings (SSSR count). The molecule has 0 aliphatic carbocycles. The predicted octanol–water partition coefficient (Wildman–Crippen LogP) is 2.94. The van der Waals surface area contributed by atoms with Crippen LogP contribution in [0.1, 0.15) is 41.2 Å². The van der Waals surface area contributed by atoms with E-state index in [-0.39, 0.29) is 30.3 Å². The third-order valence-electron chi connectivity index (χ3n) is 5.15. The summed E-state index contributed by atoms with van der Waals surface area (Å²) in [4.78, 5) is 27.8. The Hall–Kier alpha value is -2.41. The molecule has 0 radical (unpaired) electrons. The fourth-order valence-corrected chi connectivity index (χ4v) is 3.50. The number of rotatable bonds is 8. The van der Waals surface area contributed by atoms with Crippen LogP contribution in [0.25, 0.3) is 0 Å². The molecule has 0 spiro atoms. The van der Waals surface area contributed by atoms with Crippen LogP contribution in [0, 0.1) is 0 Å². The Labute approximate surface area is 184 Å². The van der Waals surface area contributed by atoms with E-state index in [1.165, 1.54) is 0 Å². The molecule has 1 fully saturated rings. The van der Waals surface area contributed by atoms with Crippen LogP contribution in [0.5, 0.6) is 0 Å². The number of carbonyl (C=O) groups is 2. The standard InChI is InChI=1S/C23H29N3O3.ClH/c24-14-7-17-29-20-12-15-26(16-13-20)23(28)21(18-8-3-1-4-9-18)25-22(27)19-10-5-2-6-11-19;/h1-6,8-11,20-21H,7,12-17,24H2,(H,25,27);1H. The van der Waals surface area contributed by atoms with Crippen molar-refractivity contribution in [2.24, 2.45) is 5.73 Å². The van der Waals surface area contributed by atoms with Crippen molar-refractivity contribution < 1.29 is 14.3 Å². The number of amides is 2. The Morgan fingerprint density at radius 3 is 2.23 bits per heavy atom. The van der Waals surface area contributed by atoms with Crippen molar-refractivity contribution in [1.29, 1.82) is 0 Å². The van der Waals surface area contributed by atoms with Gasteiger partial charge in [0.15, 0.2) is 0 Å². The number of carbonyl (C=O) groups excluding carboxylic acids is 2. The maximum absolute atomic E-state index is 13.3. The zero-order valence-corrected chi connectivity index (χ0v) is 17.9. The highest BCUT2D eigenvalue weighted by Crippen LogP contribution is 2.21. The van der Waals surface area contributed by atoms with Gasteiger partial charge in [-0.1, -0.05) is 48.5 Å². The number of piperidine rings is 1. The summed E-state index contributed by atoms with van der Waals surface area (Å²) < 4.78 is 5.83. The molecule has 162 valence electrons. The van der Waals surface area contributed by atoms with Crippen molar-refractivity contribution in [2.45, 2.75) is 31.4 Å². The lowest BCUT2D eigenvalue weighted by atomic mass is 10.0. The van der Waals surface area contributed by atoms with Crippen molar-refractivity contribution in [3.63, 3.8) is 0 Å². The number of nitrogens with one attached hydrogen (secondary N) is 1. The molecule has 30 heavy (non-hydrogen) atoms. The quantitative estimate of drug-likeness (QED) is 0.629. The third kappa shape index (κ3) is 6.55. The first-order valence-electron chi connectivity index (χ1n) is 10.2. The van der Waals surface area contributed by atoms with Gasteiger partial charge in [-0.05, 0) is 43.5 Å². The van der Waals surface area contributed by atoms with Crippen molar-refractivity contribution in [2.75, 3.05) is 26.2 Å². The van der Waals surface area contributed by atoms with Crippen molar-refractivity contribution in [3.05, 3.63) is 71.8 Å². The Balaban J connectivity index is 0.00000320. The zero-order valence-electron chi connectivity index (χ0n) is 17.0. The Morgan fingerprint density at radius 2 is 1.63 bits per heavy atom. The van der Waals surface area contributed by atoms with Gasteiger partial charge in [-0.2, -0.15) is 0 Å². The first-order valence-corrected chi connectivity index (χ1v) is 10.2. The van der Waals surface area contributed by atoms with E-state index in [0.29, 0.717) is 31.8 Å². The molecule has 3 N–H and O–H groups in total. The zero-order chi connectivity index (χ0) is 20.5. The number of halogens is 1. The van der Waals surface area contributed by atoms with E-state index in [2.05, 4.69) is 5.32 Å². The van der Waals surface area contributed by atoms with E-state index in [1.54, 1.807) is 12.1 Å². The molecule has 6 nitrogen and oxygen atoms in total. The minimum absolute atomic E-state index is 0. The smallest absolute Gasteiger partial charge is 0.252 e. The topological polar surface area (TPSA) is 84.7 Å². The van der Waals surface area contributed by atoms with E-state index >= 15 is 0 Å². The second-order valence-electron chi connectivity index (χ2n) is 7.22. The van der Waals surface area contributed by atoms with Crippen molar-refractivity contribution in [1.82, 2.24) is 10.2 Å². The summed E-state index contributed by atoms with van der Waals surface area (Å²) in [6.45, 7) is 2.53. The third-order valence-corrected chi connectivity index (χ3v) is 5.15. The second-order valence-corrected chi connectivity index (χ2v) is 7.22. The lowest BCUT2D eigenvalue weighted by Gasteiger charge is -2.34. The molecule has 0 bridgehead atoms. The van der Waals surface area contributed by atoms with Crippen LogP contribution in [0.4, 0.5) is 0 Å². The molecule has 0 aromatic heterocycles. The van der Waals surface area contributed by atoms with Crippen molar-refractivity contribution >= 4 is 24.2 Å². The molecule has 1 atom stereocenters. The maximum atomic E-state index is 13.3. The first kappa shape index (κ1) is 23.9. The molecule has 1 aliphatic heterocycles. The van der Waals surface area contributed by atoms with Crippen LogP contribution in [0.15, 0.2) is 60.7 Å². The minimum Gasteiger partial charge on any atom is -0.378 e. The summed E-state index contributed by atoms with van der Waals surface area (Å²) >= 11 is 0. The average Bonchev–Trinajstić information content (AvgIpc) is 2.79. The molecular weight excluding hydrogens is 402 g/mol. The summed E-state index contributed by atoms with van der Waals surface area (Å²) in [5, 5.41) is 2.92. The fraction of sp³-hybridized carbons (Fsp3) is 0.391. The normalized spacial score (nSPS) is 15.2. The van der Waals surface area contributed by atoms with Crippen LogP contribution >= 0.6 is 12.4 Å². The lowest BCUT2D eigenvalue weighted by molar-refractivity contribution is -0.136. The highest BCUT2D eigenvalue weighted by atomic mass is 35.5. The number of likely N-dealkylation sites (tertiary alicyclic amines) is 1. The number of nitrogens with two attached hydrogens (primary N) is 1. The van der Waals surface area contributed by atoms with Crippen LogP contribution in [0.3, 0.4) is 0 Å². The summed E-state index contributed by atoms with van der Waals surface area (Å²) in [5.41, 5.74) is 6.82. The van der Waals surface area contributed by atoms with Crippen molar-refractivity contribution in [3.8, 4) is 0 Å². The van der Waals surface area contributed by atoms with Gasteiger partial charge in [-0.15, -0.1) is 12.4 Å². The number of hydrogen-bond acceptors (Lipinski definition) is 4. The molecule has 7 heteroatoms. The summed E-state index contributed by atoms with van der Waals surface area (Å²) in [6.07, 6.45) is 2.61. The Bertz CT molecular complexity index is 781. The summed E-state index contributed by atoms with van der Waals surface area (Å²) in [6, 6.07) is 17.6. The molecule has 2 aromatic carbocycles. The van der Waals surface area contributed by atoms with Gasteiger partial charge in [-0.3, -0.25) is 9.59 Å². The predicted molar refractivity (Wildman–Crippen MR) is 120 cm³/mol. The van der Waals surface area contributed by atoms with Gasteiger partial charge in [0.2, 0.25) is 5.91 Å². The summed E-state index contributed by atoms with van der Waals surface area (Å²) in [5.74, 6) is -0.339. The molecule has 1 heterocycles. The van der Waals surface area contributed by atoms with Gasteiger partial charge in [0.25, 0.3) is 5.91 Å². The largest absolute Gasteiger partial charge is 0.378 e. The van der Waals surface area contributed by atoms with Gasteiger partial charge in [0.05, 0.1) is 6.10 Å². The molecule has 1 aliphatic rings. The maximum Gasteiger partial charge on any atom is 0.252 e. The van der Waals surface area contributed by atoms with Crippen LogP contribution in [-0.2, 0) is 9.53 Å². The van der Waals surface area contributed by atoms with Gasteiger partial charge in [0.1, 0.15) is 6.04 Å². The van der Waals surface area contributed by atoms with E-state index in [0.717, 1.165) is 24.8 Å². The molecule has 2 aromatic rings. The summed E-state index contributed by atoms with van der Waals surface area (Å²) in [7, 11) is 0. The van der Waals surface area contributed by atoms with E-state index in [9.17, 15) is 9.59 Å². The molecule has 1 unspecified atom stereocenters. The number of ether oxygens (including phenoxy) is 1. The lowest BCUT2D eigenvalue weighted by Crippen LogP contribution is -2.47. The van der Waals surface area contributed by atoms with Crippen LogP contribution in [-0.4, -0.2) is 49.1 Å². The van der Waals surface area contributed by atoms with E-state index < -0.39 is 6.04 Å². The monoisotopic (exact) mass is 431 g/mol. The highest BCUT2D eigenvalue weighted by molar-refractivity contribution is 5.97. The minimum atomic E-state index is -0.710. The average molecular weight is 432 g/mol. The number of hydrogen-bond donors (Lipinski definition) is 2. The van der Waals surface area contributed by atoms with Gasteiger partial charge in [0, 0.05) is 25.3 Å². The number of nitrogens with zero attached hydrogens (tertiary/aromatic N) is 1. The number of benzene rings is 2. The Morgan fingerprint density at radius 1 is 1.03 bits per heavy atom. The highest BCUT2D eigenvalue weighted by Gasteiger charge is 2.30. The Kier molecular flexibility index (Phi) is 9.80. The molecule has 1 saturated heterocycles. The molecule has 0 saturated carbocycles. The van der Waals surface area contributed by atoms with E-state index in [4.69, 9.17) is 10.5 Å². The first-order chi connectivity index (χ1) is 14.2. The fourth-order valence-electron chi connectivity index (χ4n) is 3.50.